The fourth-order valence-electron chi connectivity index (χ4n) is 6.32. The molecule has 1 fully saturated rings. The number of aryl methyl sites for hydroxylation is 2. The van der Waals surface area contributed by atoms with Gasteiger partial charge in [-0.2, -0.15) is 18.3 Å². The molecule has 7 rings (SSSR count). The van der Waals surface area contributed by atoms with Crippen molar-refractivity contribution in [1.29, 1.82) is 0 Å². The van der Waals surface area contributed by atoms with E-state index in [9.17, 15) is 22.4 Å². The summed E-state index contributed by atoms with van der Waals surface area (Å²) in [5.41, 5.74) is 4.10. The van der Waals surface area contributed by atoms with Crippen molar-refractivity contribution in [3.05, 3.63) is 82.6 Å². The number of alkyl halides is 3. The molecular weight excluding hydrogens is 684 g/mol. The number of esters is 1. The van der Waals surface area contributed by atoms with E-state index in [1.54, 1.807) is 28.9 Å². The van der Waals surface area contributed by atoms with Gasteiger partial charge >= 0.3 is 12.1 Å². The van der Waals surface area contributed by atoms with Crippen molar-refractivity contribution in [3.63, 3.8) is 0 Å². The number of rotatable bonds is 10. The zero-order valence-corrected chi connectivity index (χ0v) is 27.7. The lowest BCUT2D eigenvalue weighted by Crippen LogP contribution is -2.42. The molecule has 0 amide bonds. The number of halogens is 5. The lowest BCUT2D eigenvalue weighted by Gasteiger charge is -2.30. The fraction of sp³-hybridized carbons (Fsp3) is 0.353. The molecule has 3 aromatic heterocycles. The number of fused-ring (bicyclic) bond motifs is 5. The molecule has 2 aromatic carbocycles. The van der Waals surface area contributed by atoms with Crippen LogP contribution in [0.15, 0.2) is 55.0 Å². The highest BCUT2D eigenvalue weighted by molar-refractivity contribution is 7.22. The van der Waals surface area contributed by atoms with Gasteiger partial charge in [-0.1, -0.05) is 30.2 Å². The van der Waals surface area contributed by atoms with Gasteiger partial charge in [0.05, 0.1) is 22.6 Å². The van der Waals surface area contributed by atoms with Crippen LogP contribution >= 0.6 is 22.9 Å². The van der Waals surface area contributed by atoms with Crippen LogP contribution < -0.4 is 10.1 Å². The van der Waals surface area contributed by atoms with E-state index in [4.69, 9.17) is 26.2 Å². The van der Waals surface area contributed by atoms with Crippen LogP contribution in [0.2, 0.25) is 5.02 Å². The van der Waals surface area contributed by atoms with E-state index in [0.717, 1.165) is 64.3 Å². The molecule has 0 spiro atoms. The molecule has 0 unspecified atom stereocenters. The zero-order chi connectivity index (χ0) is 34.1. The second-order valence-electron chi connectivity index (χ2n) is 12.1. The van der Waals surface area contributed by atoms with Gasteiger partial charge in [0.25, 0.3) is 0 Å². The maximum atomic E-state index is 13.5. The smallest absolute Gasteiger partial charge is 0.487 e. The number of thiophene rings is 1. The van der Waals surface area contributed by atoms with Gasteiger partial charge in [0, 0.05) is 28.9 Å². The topological polar surface area (TPSA) is 94.4 Å². The van der Waals surface area contributed by atoms with Gasteiger partial charge < -0.3 is 14.8 Å². The maximum Gasteiger partial charge on any atom is 0.490 e. The fourth-order valence-corrected chi connectivity index (χ4v) is 7.78. The van der Waals surface area contributed by atoms with E-state index < -0.39 is 18.2 Å². The van der Waals surface area contributed by atoms with E-state index in [1.165, 1.54) is 29.8 Å². The predicted molar refractivity (Wildman–Crippen MR) is 178 cm³/mol. The first-order valence-corrected chi connectivity index (χ1v) is 17.1. The van der Waals surface area contributed by atoms with E-state index in [2.05, 4.69) is 15.3 Å². The summed E-state index contributed by atoms with van der Waals surface area (Å²) in [6.45, 7) is 1.86. The van der Waals surface area contributed by atoms with Crippen LogP contribution in [0, 0.1) is 5.82 Å². The first kappa shape index (κ1) is 33.2. The minimum absolute atomic E-state index is 0.000858. The van der Waals surface area contributed by atoms with Crippen molar-refractivity contribution in [2.45, 2.75) is 57.5 Å². The van der Waals surface area contributed by atoms with Gasteiger partial charge in [-0.05, 0) is 80.2 Å². The molecule has 1 saturated heterocycles. The van der Waals surface area contributed by atoms with Crippen LogP contribution in [0.5, 0.6) is 5.75 Å². The van der Waals surface area contributed by atoms with Crippen molar-refractivity contribution in [3.8, 4) is 16.2 Å². The van der Waals surface area contributed by atoms with Crippen LogP contribution in [0.1, 0.15) is 36.1 Å². The zero-order valence-electron chi connectivity index (χ0n) is 26.1. The van der Waals surface area contributed by atoms with Crippen molar-refractivity contribution in [1.82, 2.24) is 24.6 Å². The summed E-state index contributed by atoms with van der Waals surface area (Å²) in [5, 5.41) is 9.30. The van der Waals surface area contributed by atoms with Gasteiger partial charge in [-0.3, -0.25) is 9.58 Å². The van der Waals surface area contributed by atoms with Crippen LogP contribution in [-0.2, 0) is 35.5 Å². The number of hydrogen-bond acceptors (Lipinski definition) is 9. The summed E-state index contributed by atoms with van der Waals surface area (Å²) in [7, 11) is 0. The Bertz CT molecular complexity index is 1990. The Balaban J connectivity index is 1.10. The average Bonchev–Trinajstić information content (AvgIpc) is 3.66. The first-order chi connectivity index (χ1) is 23.6. The minimum atomic E-state index is -5.08. The number of nitrogens with one attached hydrogen (secondary N) is 1. The molecule has 49 heavy (non-hydrogen) atoms. The first-order valence-electron chi connectivity index (χ1n) is 15.9. The summed E-state index contributed by atoms with van der Waals surface area (Å²) in [6.07, 6.45) is 1.46. The summed E-state index contributed by atoms with van der Waals surface area (Å²) in [5.74, 6) is -1.48. The van der Waals surface area contributed by atoms with Crippen LogP contribution in [0.4, 0.5) is 29.1 Å². The Kier molecular flexibility index (Phi) is 9.44. The highest BCUT2D eigenvalue weighted by atomic mass is 35.5. The van der Waals surface area contributed by atoms with Crippen molar-refractivity contribution in [2.24, 2.45) is 0 Å². The summed E-state index contributed by atoms with van der Waals surface area (Å²) in [4.78, 5) is 24.6. The summed E-state index contributed by atoms with van der Waals surface area (Å²) >= 11 is 8.03. The summed E-state index contributed by atoms with van der Waals surface area (Å²) < 4.78 is 65.3. The van der Waals surface area contributed by atoms with Crippen molar-refractivity contribution < 1.29 is 31.8 Å². The molecule has 0 radical (unpaired) electrons. The maximum absolute atomic E-state index is 13.5. The number of likely N-dealkylation sites (tertiary alicyclic amines) is 1. The largest absolute Gasteiger partial charge is 0.490 e. The van der Waals surface area contributed by atoms with E-state index >= 15 is 0 Å². The third-order valence-electron chi connectivity index (χ3n) is 8.57. The number of carbonyl (C=O) groups is 1. The molecule has 256 valence electrons. The van der Waals surface area contributed by atoms with Crippen molar-refractivity contribution in [2.75, 3.05) is 25.0 Å². The molecule has 9 nitrogen and oxygen atoms in total. The standard InChI is InChI=1S/C34H31ClF4N6O3S/c35-26-14-22(7-10-28(26)47-18-20-5-4-6-21(36)13-20)42-31-29-24-8-9-27-25(30(24)49-32(29)41-19-40-31)17-45(43-27)16-23(48-33(46)34(37,38)39)15-44-11-2-1-3-12-44/h4-7,10,13-14,17,19,23H,1-3,8-9,11-12,15-16,18H2,(H,40,41,42)/t23-/m1/s1. The lowest BCUT2D eigenvalue weighted by molar-refractivity contribution is -0.206. The molecule has 2 aliphatic rings. The monoisotopic (exact) mass is 714 g/mol. The Hall–Kier alpha value is -4.27. The second kappa shape index (κ2) is 13.9. The average molecular weight is 715 g/mol. The molecule has 0 saturated carbocycles. The summed E-state index contributed by atoms with van der Waals surface area (Å²) in [6, 6.07) is 11.4. The molecule has 1 N–H and O–H groups in total. The Morgan fingerprint density at radius 1 is 1.06 bits per heavy atom. The van der Waals surface area contributed by atoms with Gasteiger partial charge in [0.15, 0.2) is 0 Å². The number of carbonyl (C=O) groups excluding carboxylic acids is 1. The van der Waals surface area contributed by atoms with Crippen LogP contribution in [0.25, 0.3) is 20.7 Å². The number of piperidine rings is 1. The van der Waals surface area contributed by atoms with E-state index in [-0.39, 0.29) is 25.5 Å². The van der Waals surface area contributed by atoms with Crippen LogP contribution in [-0.4, -0.2) is 62.5 Å². The number of ether oxygens (including phenoxy) is 2. The third kappa shape index (κ3) is 7.51. The molecule has 15 heteroatoms. The predicted octanol–water partition coefficient (Wildman–Crippen LogP) is 7.73. The Morgan fingerprint density at radius 2 is 1.90 bits per heavy atom. The van der Waals surface area contributed by atoms with Crippen molar-refractivity contribution >= 4 is 50.6 Å². The van der Waals surface area contributed by atoms with E-state index in [1.807, 2.05) is 17.2 Å². The van der Waals surface area contributed by atoms with Gasteiger partial charge in [0.1, 0.15) is 41.3 Å². The number of anilines is 2. The highest BCUT2D eigenvalue weighted by Gasteiger charge is 2.42. The quantitative estimate of drug-likeness (QED) is 0.116. The van der Waals surface area contributed by atoms with Crippen LogP contribution in [0.3, 0.4) is 0 Å². The minimum Gasteiger partial charge on any atom is -0.487 e. The Morgan fingerprint density at radius 3 is 2.67 bits per heavy atom. The lowest BCUT2D eigenvalue weighted by atomic mass is 9.95. The highest BCUT2D eigenvalue weighted by Crippen LogP contribution is 2.45. The normalized spacial score (nSPS) is 15.4. The SMILES string of the molecule is O=C(O[C@H](CN1CCCCC1)Cn1cc2c(n1)CCc1c-2sc2ncnc(Nc3ccc(OCc4cccc(F)c4)c(Cl)c3)c12)C(F)(F)F. The number of benzene rings is 2. The van der Waals surface area contributed by atoms with E-state index in [0.29, 0.717) is 40.7 Å². The number of hydrogen-bond donors (Lipinski definition) is 1. The molecule has 4 heterocycles. The molecule has 1 aliphatic heterocycles. The Labute approximate surface area is 287 Å². The molecule has 1 atom stereocenters. The molecular formula is C34H31ClF4N6O3S. The molecule has 1 aliphatic carbocycles. The van der Waals surface area contributed by atoms with Gasteiger partial charge in [-0.25, -0.2) is 19.2 Å². The number of aromatic nitrogens is 4. The number of nitrogens with zero attached hydrogens (tertiary/aromatic N) is 5. The third-order valence-corrected chi connectivity index (χ3v) is 10.0. The molecule has 5 aromatic rings. The second-order valence-corrected chi connectivity index (χ2v) is 13.5. The molecule has 0 bridgehead atoms. The van der Waals surface area contributed by atoms with Gasteiger partial charge in [0.2, 0.25) is 0 Å². The van der Waals surface area contributed by atoms with Gasteiger partial charge in [-0.15, -0.1) is 11.3 Å².